The highest BCUT2D eigenvalue weighted by Gasteiger charge is 2.18. The molecule has 2 aromatic carbocycles. The number of rotatable bonds is 7. The van der Waals surface area contributed by atoms with E-state index in [1.165, 1.54) is 14.2 Å². The van der Waals surface area contributed by atoms with Crippen molar-refractivity contribution >= 4 is 11.6 Å². The Morgan fingerprint density at radius 3 is 2.39 bits per heavy atom. The highest BCUT2D eigenvalue weighted by molar-refractivity contribution is 6.45. The van der Waals surface area contributed by atoms with Gasteiger partial charge in [0.2, 0.25) is 0 Å². The summed E-state index contributed by atoms with van der Waals surface area (Å²) < 4.78 is 11.6. The molecular formula is C20H18N4O4. The summed E-state index contributed by atoms with van der Waals surface area (Å²) in [5.74, 6) is 1.07. The average Bonchev–Trinajstić information content (AvgIpc) is 2.73. The van der Waals surface area contributed by atoms with Gasteiger partial charge in [0.05, 0.1) is 5.56 Å². The molecule has 0 saturated carbocycles. The number of carbonyl (C=O) groups excluding carboxylic acids is 1. The van der Waals surface area contributed by atoms with Gasteiger partial charge in [0.15, 0.2) is 5.71 Å². The molecule has 8 nitrogen and oxygen atoms in total. The summed E-state index contributed by atoms with van der Waals surface area (Å²) in [6.45, 7) is 0. The Balaban J connectivity index is 1.87. The highest BCUT2D eigenvalue weighted by Crippen LogP contribution is 2.29. The van der Waals surface area contributed by atoms with Crippen molar-refractivity contribution in [2.75, 3.05) is 14.2 Å². The third kappa shape index (κ3) is 4.61. The second kappa shape index (κ2) is 9.13. The Labute approximate surface area is 161 Å². The minimum absolute atomic E-state index is 0.102. The largest absolute Gasteiger partial charge is 0.457 e. The number of nitrogens with zero attached hydrogens (tertiary/aromatic N) is 3. The van der Waals surface area contributed by atoms with E-state index in [1.54, 1.807) is 67.0 Å². The zero-order valence-corrected chi connectivity index (χ0v) is 15.3. The van der Waals surface area contributed by atoms with Gasteiger partial charge in [0.25, 0.3) is 5.91 Å². The Morgan fingerprint density at radius 1 is 0.964 bits per heavy atom. The molecule has 0 atom stereocenters. The van der Waals surface area contributed by atoms with E-state index >= 15 is 0 Å². The van der Waals surface area contributed by atoms with E-state index in [0.29, 0.717) is 22.8 Å². The Hall–Kier alpha value is -3.94. The zero-order chi connectivity index (χ0) is 19.8. The zero-order valence-electron chi connectivity index (χ0n) is 15.3. The first kappa shape index (κ1) is 18.8. The number of likely N-dealkylation sites (N-methyl/N-ethyl adjacent to an activating group) is 1. The standard InChI is InChI=1S/C20H18N4O4/c1-21-19(25)18(24-26-2)16-9-3-4-10-17(16)27-14-7-5-8-15(13-14)28-20-22-11-6-12-23-20/h3-13H,1-2H3,(H,21,25). The summed E-state index contributed by atoms with van der Waals surface area (Å²) in [5.41, 5.74) is 0.590. The molecule has 0 unspecified atom stereocenters. The van der Waals surface area contributed by atoms with Crippen LogP contribution in [0.1, 0.15) is 5.56 Å². The number of amides is 1. The smallest absolute Gasteiger partial charge is 0.321 e. The van der Waals surface area contributed by atoms with Crippen molar-refractivity contribution in [1.82, 2.24) is 15.3 Å². The summed E-state index contributed by atoms with van der Waals surface area (Å²) >= 11 is 0. The summed E-state index contributed by atoms with van der Waals surface area (Å²) in [7, 11) is 2.89. The predicted molar refractivity (Wildman–Crippen MR) is 103 cm³/mol. The summed E-state index contributed by atoms with van der Waals surface area (Å²) in [4.78, 5) is 25.0. The molecule has 0 aliphatic rings. The van der Waals surface area contributed by atoms with Gasteiger partial charge in [-0.15, -0.1) is 0 Å². The van der Waals surface area contributed by atoms with Crippen molar-refractivity contribution in [3.8, 4) is 23.3 Å². The minimum atomic E-state index is -0.392. The number of benzene rings is 2. The van der Waals surface area contributed by atoms with E-state index in [0.717, 1.165) is 0 Å². The average molecular weight is 378 g/mol. The lowest BCUT2D eigenvalue weighted by Crippen LogP contribution is -2.28. The number of para-hydroxylation sites is 1. The van der Waals surface area contributed by atoms with Crippen molar-refractivity contribution in [2.45, 2.75) is 0 Å². The van der Waals surface area contributed by atoms with Gasteiger partial charge in [-0.25, -0.2) is 9.97 Å². The molecule has 8 heteroatoms. The van der Waals surface area contributed by atoms with Crippen LogP contribution in [0.2, 0.25) is 0 Å². The minimum Gasteiger partial charge on any atom is -0.457 e. The van der Waals surface area contributed by atoms with Gasteiger partial charge in [-0.05, 0) is 30.3 Å². The lowest BCUT2D eigenvalue weighted by Gasteiger charge is -2.12. The molecule has 0 fully saturated rings. The molecule has 142 valence electrons. The Kier molecular flexibility index (Phi) is 6.14. The molecule has 0 bridgehead atoms. The van der Waals surface area contributed by atoms with E-state index in [-0.39, 0.29) is 11.7 Å². The monoisotopic (exact) mass is 378 g/mol. The molecule has 0 aliphatic heterocycles. The predicted octanol–water partition coefficient (Wildman–Crippen LogP) is 3.16. The number of oxime groups is 1. The highest BCUT2D eigenvalue weighted by atomic mass is 16.6. The number of carbonyl (C=O) groups is 1. The van der Waals surface area contributed by atoms with Gasteiger partial charge in [-0.1, -0.05) is 23.4 Å². The molecule has 1 aromatic heterocycles. The molecule has 0 saturated heterocycles. The van der Waals surface area contributed by atoms with Crippen molar-refractivity contribution in [3.63, 3.8) is 0 Å². The number of hydrogen-bond donors (Lipinski definition) is 1. The van der Waals surface area contributed by atoms with Gasteiger partial charge in [-0.2, -0.15) is 0 Å². The van der Waals surface area contributed by atoms with Crippen LogP contribution in [0, 0.1) is 0 Å². The van der Waals surface area contributed by atoms with Gasteiger partial charge in [0.1, 0.15) is 24.4 Å². The molecule has 0 spiro atoms. The number of ether oxygens (including phenoxy) is 2. The van der Waals surface area contributed by atoms with Crippen molar-refractivity contribution in [1.29, 1.82) is 0 Å². The topological polar surface area (TPSA) is 94.9 Å². The Morgan fingerprint density at radius 2 is 1.68 bits per heavy atom. The van der Waals surface area contributed by atoms with E-state index in [2.05, 4.69) is 20.4 Å². The van der Waals surface area contributed by atoms with Crippen LogP contribution in [0.5, 0.6) is 23.3 Å². The van der Waals surface area contributed by atoms with E-state index < -0.39 is 5.91 Å². The Bertz CT molecular complexity index is 977. The van der Waals surface area contributed by atoms with E-state index in [9.17, 15) is 4.79 Å². The molecule has 1 amide bonds. The molecule has 3 rings (SSSR count). The molecule has 0 radical (unpaired) electrons. The van der Waals surface area contributed by atoms with Crippen molar-refractivity contribution in [2.24, 2.45) is 5.16 Å². The lowest BCUT2D eigenvalue weighted by molar-refractivity contribution is -0.114. The van der Waals surface area contributed by atoms with Crippen LogP contribution < -0.4 is 14.8 Å². The number of nitrogens with one attached hydrogen (secondary N) is 1. The maximum atomic E-state index is 12.2. The van der Waals surface area contributed by atoms with Crippen LogP contribution in [0.4, 0.5) is 0 Å². The van der Waals surface area contributed by atoms with Crippen LogP contribution in [0.25, 0.3) is 0 Å². The summed E-state index contributed by atoms with van der Waals surface area (Å²) in [5, 5.41) is 6.36. The van der Waals surface area contributed by atoms with E-state index in [4.69, 9.17) is 14.3 Å². The van der Waals surface area contributed by atoms with Gasteiger partial charge < -0.3 is 19.6 Å². The normalized spacial score (nSPS) is 10.9. The fourth-order valence-electron chi connectivity index (χ4n) is 2.35. The summed E-state index contributed by atoms with van der Waals surface area (Å²) in [6, 6.07) is 16.0. The van der Waals surface area contributed by atoms with Crippen LogP contribution in [0.15, 0.2) is 72.1 Å². The molecule has 3 aromatic rings. The van der Waals surface area contributed by atoms with Crippen LogP contribution in [-0.4, -0.2) is 35.7 Å². The van der Waals surface area contributed by atoms with Gasteiger partial charge >= 0.3 is 6.01 Å². The van der Waals surface area contributed by atoms with Gasteiger partial charge in [0, 0.05) is 25.5 Å². The van der Waals surface area contributed by atoms with Crippen LogP contribution >= 0.6 is 0 Å². The van der Waals surface area contributed by atoms with Gasteiger partial charge in [-0.3, -0.25) is 4.79 Å². The molecule has 0 aliphatic carbocycles. The second-order valence-corrected chi connectivity index (χ2v) is 5.41. The third-order valence-electron chi connectivity index (χ3n) is 3.55. The lowest BCUT2D eigenvalue weighted by atomic mass is 10.1. The molecular weight excluding hydrogens is 360 g/mol. The maximum absolute atomic E-state index is 12.2. The first-order chi connectivity index (χ1) is 13.7. The fraction of sp³-hybridized carbons (Fsp3) is 0.100. The molecule has 1 N–H and O–H groups in total. The quantitative estimate of drug-likeness (QED) is 0.501. The SMILES string of the molecule is CNC(=O)C(=NOC)c1ccccc1Oc1cccc(Oc2ncccn2)c1. The number of hydrogen-bond acceptors (Lipinski definition) is 7. The number of aromatic nitrogens is 2. The van der Waals surface area contributed by atoms with E-state index in [1.807, 2.05) is 0 Å². The maximum Gasteiger partial charge on any atom is 0.321 e. The second-order valence-electron chi connectivity index (χ2n) is 5.41. The summed E-state index contributed by atoms with van der Waals surface area (Å²) in [6.07, 6.45) is 3.18. The van der Waals surface area contributed by atoms with Crippen molar-refractivity contribution < 1.29 is 19.1 Å². The molecule has 28 heavy (non-hydrogen) atoms. The first-order valence-corrected chi connectivity index (χ1v) is 8.36. The van der Waals surface area contributed by atoms with Crippen molar-refractivity contribution in [3.05, 3.63) is 72.6 Å². The first-order valence-electron chi connectivity index (χ1n) is 8.36. The van der Waals surface area contributed by atoms with Crippen LogP contribution in [-0.2, 0) is 9.63 Å². The fourth-order valence-corrected chi connectivity index (χ4v) is 2.35. The van der Waals surface area contributed by atoms with Crippen LogP contribution in [0.3, 0.4) is 0 Å². The third-order valence-corrected chi connectivity index (χ3v) is 3.55. The molecule has 1 heterocycles.